The minimum absolute atomic E-state index is 0.0373. The summed E-state index contributed by atoms with van der Waals surface area (Å²) in [5, 5.41) is 2.75. The fraction of sp³-hybridized carbons (Fsp3) is 0.286. The van der Waals surface area contributed by atoms with E-state index in [9.17, 15) is 18.0 Å². The molecule has 0 heterocycles. The number of amides is 2. The fourth-order valence-electron chi connectivity index (χ4n) is 3.86. The molecule has 0 aliphatic heterocycles. The number of carbonyl (C=O) groups excluding carboxylic acids is 2. The smallest absolute Gasteiger partial charge is 0.264 e. The van der Waals surface area contributed by atoms with Crippen molar-refractivity contribution in [3.8, 4) is 5.75 Å². The molecule has 3 aromatic carbocycles. The zero-order valence-corrected chi connectivity index (χ0v) is 24.0. The number of rotatable bonds is 12. The Morgan fingerprint density at radius 1 is 0.947 bits per heavy atom. The van der Waals surface area contributed by atoms with E-state index in [2.05, 4.69) is 21.2 Å². The molecule has 10 heteroatoms. The monoisotopic (exact) mass is 601 g/mol. The normalized spacial score (nSPS) is 11.9. The lowest BCUT2D eigenvalue weighted by Crippen LogP contribution is -2.51. The largest absolute Gasteiger partial charge is 0.492 e. The molecule has 0 saturated heterocycles. The van der Waals surface area contributed by atoms with Gasteiger partial charge in [-0.2, -0.15) is 0 Å². The second-order valence-electron chi connectivity index (χ2n) is 8.44. The number of hydrogen-bond donors (Lipinski definition) is 1. The van der Waals surface area contributed by atoms with Gasteiger partial charge in [-0.15, -0.1) is 0 Å². The Hall–Kier alpha value is -3.37. The molecule has 38 heavy (non-hydrogen) atoms. The van der Waals surface area contributed by atoms with Crippen LogP contribution < -0.4 is 14.4 Å². The number of carbonyl (C=O) groups is 2. The first kappa shape index (κ1) is 29.2. The number of benzene rings is 3. The van der Waals surface area contributed by atoms with Gasteiger partial charge in [0.1, 0.15) is 18.3 Å². The van der Waals surface area contributed by atoms with E-state index in [0.717, 1.165) is 14.3 Å². The quantitative estimate of drug-likeness (QED) is 0.327. The standard InChI is InChI=1S/C28H32BrN3O5S/c1-4-30-28(34)21(3)31(19-22-15-17-23(29)18-16-22)27(33)20-32(25-13-9-10-14-26(25)37-5-2)38(35,36)24-11-7-6-8-12-24/h6-18,21H,4-5,19-20H2,1-3H3,(H,30,34)/t21-/m0/s1. The summed E-state index contributed by atoms with van der Waals surface area (Å²) in [4.78, 5) is 28.1. The van der Waals surface area contributed by atoms with Crippen LogP contribution in [0.1, 0.15) is 26.3 Å². The van der Waals surface area contributed by atoms with Crippen LogP contribution in [-0.2, 0) is 26.2 Å². The molecule has 0 aliphatic carbocycles. The summed E-state index contributed by atoms with van der Waals surface area (Å²) >= 11 is 3.41. The van der Waals surface area contributed by atoms with E-state index in [1.54, 1.807) is 63.2 Å². The van der Waals surface area contributed by atoms with Gasteiger partial charge in [0.2, 0.25) is 11.8 Å². The van der Waals surface area contributed by atoms with E-state index in [0.29, 0.717) is 18.9 Å². The molecule has 2 amide bonds. The predicted molar refractivity (Wildman–Crippen MR) is 151 cm³/mol. The Morgan fingerprint density at radius 2 is 1.58 bits per heavy atom. The Kier molecular flexibility index (Phi) is 10.3. The number of halogens is 1. The highest BCUT2D eigenvalue weighted by Gasteiger charge is 2.33. The van der Waals surface area contributed by atoms with Gasteiger partial charge in [-0.3, -0.25) is 13.9 Å². The zero-order valence-electron chi connectivity index (χ0n) is 21.6. The SMILES string of the molecule is CCNC(=O)[C@H](C)N(Cc1ccc(Br)cc1)C(=O)CN(c1ccccc1OCC)S(=O)(=O)c1ccccc1. The maximum atomic E-state index is 13.9. The number of anilines is 1. The number of sulfonamides is 1. The minimum atomic E-state index is -4.16. The summed E-state index contributed by atoms with van der Waals surface area (Å²) in [7, 11) is -4.16. The Balaban J connectivity index is 2.06. The highest BCUT2D eigenvalue weighted by atomic mass is 79.9. The van der Waals surface area contributed by atoms with E-state index < -0.39 is 28.5 Å². The van der Waals surface area contributed by atoms with E-state index in [4.69, 9.17) is 4.74 Å². The van der Waals surface area contributed by atoms with E-state index in [-0.39, 0.29) is 23.0 Å². The molecule has 0 aromatic heterocycles. The number of para-hydroxylation sites is 2. The van der Waals surface area contributed by atoms with E-state index >= 15 is 0 Å². The third-order valence-corrected chi connectivity index (χ3v) is 8.13. The van der Waals surface area contributed by atoms with E-state index in [1.807, 2.05) is 24.3 Å². The van der Waals surface area contributed by atoms with E-state index in [1.165, 1.54) is 17.0 Å². The van der Waals surface area contributed by atoms with Crippen molar-refractivity contribution < 1.29 is 22.7 Å². The lowest BCUT2D eigenvalue weighted by Gasteiger charge is -2.32. The second kappa shape index (κ2) is 13.4. The number of hydrogen-bond acceptors (Lipinski definition) is 5. The molecule has 0 unspecified atom stereocenters. The van der Waals surface area contributed by atoms with Crippen molar-refractivity contribution in [1.82, 2.24) is 10.2 Å². The van der Waals surface area contributed by atoms with Gasteiger partial charge >= 0.3 is 0 Å². The fourth-order valence-corrected chi connectivity index (χ4v) is 5.57. The van der Waals surface area contributed by atoms with Crippen LogP contribution in [0.3, 0.4) is 0 Å². The van der Waals surface area contributed by atoms with Gasteiger partial charge in [0.05, 0.1) is 17.2 Å². The molecule has 0 fully saturated rings. The zero-order chi connectivity index (χ0) is 27.7. The Bertz CT molecular complexity index is 1330. The van der Waals surface area contributed by atoms with Crippen LogP contribution in [0, 0.1) is 0 Å². The van der Waals surface area contributed by atoms with Gasteiger partial charge in [0.25, 0.3) is 10.0 Å². The highest BCUT2D eigenvalue weighted by molar-refractivity contribution is 9.10. The Labute approximate surface area is 232 Å². The number of ether oxygens (including phenoxy) is 1. The van der Waals surface area contributed by atoms with Crippen molar-refractivity contribution in [2.24, 2.45) is 0 Å². The van der Waals surface area contributed by atoms with Gasteiger partial charge < -0.3 is 15.0 Å². The number of nitrogens with one attached hydrogen (secondary N) is 1. The molecule has 0 aliphatic rings. The molecule has 0 saturated carbocycles. The summed E-state index contributed by atoms with van der Waals surface area (Å²) in [5.74, 6) is -0.527. The van der Waals surface area contributed by atoms with Crippen molar-refractivity contribution in [1.29, 1.82) is 0 Å². The van der Waals surface area contributed by atoms with Crippen molar-refractivity contribution in [2.45, 2.75) is 38.3 Å². The number of likely N-dealkylation sites (N-methyl/N-ethyl adjacent to an activating group) is 1. The average Bonchev–Trinajstić information content (AvgIpc) is 2.92. The third-order valence-electron chi connectivity index (χ3n) is 5.83. The van der Waals surface area contributed by atoms with Crippen LogP contribution in [0.25, 0.3) is 0 Å². The maximum absolute atomic E-state index is 13.9. The highest BCUT2D eigenvalue weighted by Crippen LogP contribution is 2.32. The molecule has 1 atom stereocenters. The molecule has 0 bridgehead atoms. The molecular weight excluding hydrogens is 570 g/mol. The lowest BCUT2D eigenvalue weighted by molar-refractivity contribution is -0.139. The van der Waals surface area contributed by atoms with Crippen molar-refractivity contribution in [3.05, 3.63) is 88.9 Å². The first-order valence-electron chi connectivity index (χ1n) is 12.3. The molecule has 3 rings (SSSR count). The third kappa shape index (κ3) is 7.14. The second-order valence-corrected chi connectivity index (χ2v) is 11.2. The van der Waals surface area contributed by atoms with Crippen LogP contribution >= 0.6 is 15.9 Å². The molecule has 8 nitrogen and oxygen atoms in total. The van der Waals surface area contributed by atoms with Gasteiger partial charge in [-0.25, -0.2) is 8.42 Å². The lowest BCUT2D eigenvalue weighted by atomic mass is 10.1. The Morgan fingerprint density at radius 3 is 2.21 bits per heavy atom. The van der Waals surface area contributed by atoms with Gasteiger partial charge in [-0.1, -0.05) is 58.4 Å². The molecule has 202 valence electrons. The van der Waals surface area contributed by atoms with Gasteiger partial charge in [0.15, 0.2) is 0 Å². The molecule has 3 aromatic rings. The summed E-state index contributed by atoms with van der Waals surface area (Å²) < 4.78 is 35.4. The first-order chi connectivity index (χ1) is 18.2. The van der Waals surface area contributed by atoms with Gasteiger partial charge in [-0.05, 0) is 62.7 Å². The summed E-state index contributed by atoms with van der Waals surface area (Å²) in [6.45, 7) is 5.54. The molecule has 0 spiro atoms. The summed E-state index contributed by atoms with van der Waals surface area (Å²) in [6, 6.07) is 21.2. The van der Waals surface area contributed by atoms with Gasteiger partial charge in [0, 0.05) is 17.6 Å². The average molecular weight is 603 g/mol. The van der Waals surface area contributed by atoms with Crippen LogP contribution in [0.4, 0.5) is 5.69 Å². The van der Waals surface area contributed by atoms with Crippen molar-refractivity contribution in [3.63, 3.8) is 0 Å². The topological polar surface area (TPSA) is 96.0 Å². The molecule has 0 radical (unpaired) electrons. The van der Waals surface area contributed by atoms with Crippen molar-refractivity contribution in [2.75, 3.05) is 24.0 Å². The van der Waals surface area contributed by atoms with Crippen LogP contribution in [0.2, 0.25) is 0 Å². The minimum Gasteiger partial charge on any atom is -0.492 e. The molecule has 1 N–H and O–H groups in total. The predicted octanol–water partition coefficient (Wildman–Crippen LogP) is 4.60. The van der Waals surface area contributed by atoms with Crippen LogP contribution in [0.15, 0.2) is 88.2 Å². The molecular formula is C28H32BrN3O5S. The summed E-state index contributed by atoms with van der Waals surface area (Å²) in [6.07, 6.45) is 0. The van der Waals surface area contributed by atoms with Crippen LogP contribution in [-0.4, -0.2) is 50.9 Å². The number of nitrogens with zero attached hydrogens (tertiary/aromatic N) is 2. The first-order valence-corrected chi connectivity index (χ1v) is 14.5. The van der Waals surface area contributed by atoms with Crippen molar-refractivity contribution >= 4 is 43.5 Å². The summed E-state index contributed by atoms with van der Waals surface area (Å²) in [5.41, 5.74) is 1.03. The van der Waals surface area contributed by atoms with Crippen LogP contribution in [0.5, 0.6) is 5.75 Å². The maximum Gasteiger partial charge on any atom is 0.264 e.